The molecule has 0 spiro atoms. The Hall–Kier alpha value is -2.77. The molecule has 0 aliphatic carbocycles. The average molecular weight is 289 g/mol. The van der Waals surface area contributed by atoms with Crippen LogP contribution in [0.25, 0.3) is 0 Å². The normalized spacial score (nSPS) is 10.4. The molecule has 21 heavy (non-hydrogen) atoms. The predicted molar refractivity (Wildman–Crippen MR) is 75.1 cm³/mol. The Labute approximate surface area is 121 Å². The highest BCUT2D eigenvalue weighted by Crippen LogP contribution is 2.22. The minimum Gasteiger partial charge on any atom is -0.354 e. The summed E-state index contributed by atoms with van der Waals surface area (Å²) in [7, 11) is 1.53. The number of hydrogen-bond acceptors (Lipinski definition) is 5. The van der Waals surface area contributed by atoms with Crippen molar-refractivity contribution < 1.29 is 9.72 Å². The zero-order valence-corrected chi connectivity index (χ0v) is 12.0. The molecule has 2 rings (SSSR count). The highest BCUT2D eigenvalue weighted by molar-refractivity contribution is 5.91. The monoisotopic (exact) mass is 289 g/mol. The zero-order chi connectivity index (χ0) is 15.6. The van der Waals surface area contributed by atoms with Gasteiger partial charge in [-0.15, -0.1) is 0 Å². The van der Waals surface area contributed by atoms with E-state index in [1.165, 1.54) is 11.7 Å². The summed E-state index contributed by atoms with van der Waals surface area (Å²) in [5.41, 5.74) is 1.74. The van der Waals surface area contributed by atoms with Gasteiger partial charge in [0.2, 0.25) is 0 Å². The lowest BCUT2D eigenvalue weighted by atomic mass is 10.3. The molecule has 0 unspecified atom stereocenters. The second kappa shape index (κ2) is 5.70. The van der Waals surface area contributed by atoms with Crippen LogP contribution in [-0.4, -0.2) is 32.6 Å². The Morgan fingerprint density at radius 3 is 2.71 bits per heavy atom. The van der Waals surface area contributed by atoms with E-state index in [1.54, 1.807) is 32.0 Å². The summed E-state index contributed by atoms with van der Waals surface area (Å²) in [6.45, 7) is 3.50. The molecule has 1 N–H and O–H groups in total. The van der Waals surface area contributed by atoms with Gasteiger partial charge >= 0.3 is 5.69 Å². The van der Waals surface area contributed by atoms with Crippen LogP contribution in [0, 0.1) is 24.0 Å². The molecule has 0 aliphatic heterocycles. The van der Waals surface area contributed by atoms with Gasteiger partial charge in [0, 0.05) is 7.05 Å². The Morgan fingerprint density at radius 1 is 1.43 bits per heavy atom. The molecule has 1 amide bonds. The van der Waals surface area contributed by atoms with Crippen molar-refractivity contribution in [1.82, 2.24) is 20.1 Å². The average Bonchev–Trinajstić information content (AvgIpc) is 2.72. The van der Waals surface area contributed by atoms with Crippen molar-refractivity contribution in [3.05, 3.63) is 51.1 Å². The van der Waals surface area contributed by atoms with Crippen molar-refractivity contribution in [3.8, 4) is 0 Å². The van der Waals surface area contributed by atoms with Crippen LogP contribution in [0.2, 0.25) is 0 Å². The molecule has 0 bridgehead atoms. The summed E-state index contributed by atoms with van der Waals surface area (Å²) < 4.78 is 1.52. The van der Waals surface area contributed by atoms with Crippen LogP contribution >= 0.6 is 0 Å². The number of carbonyl (C=O) groups is 1. The van der Waals surface area contributed by atoms with Crippen LogP contribution in [0.3, 0.4) is 0 Å². The first-order valence-electron chi connectivity index (χ1n) is 6.30. The van der Waals surface area contributed by atoms with E-state index in [0.29, 0.717) is 22.8 Å². The maximum Gasteiger partial charge on any atom is 0.312 e. The molecule has 8 nitrogen and oxygen atoms in total. The van der Waals surface area contributed by atoms with Crippen molar-refractivity contribution >= 4 is 11.6 Å². The molecule has 2 aromatic rings. The molecular formula is C13H15N5O3. The summed E-state index contributed by atoms with van der Waals surface area (Å²) in [4.78, 5) is 26.3. The van der Waals surface area contributed by atoms with Gasteiger partial charge in [0.15, 0.2) is 0 Å². The van der Waals surface area contributed by atoms with Crippen LogP contribution in [-0.2, 0) is 6.54 Å². The number of carbonyl (C=O) groups excluding carboxylic acids is 1. The number of rotatable bonds is 4. The summed E-state index contributed by atoms with van der Waals surface area (Å²) in [6.07, 6.45) is 0. The molecule has 0 radical (unpaired) electrons. The fourth-order valence-corrected chi connectivity index (χ4v) is 2.08. The highest BCUT2D eigenvalue weighted by Gasteiger charge is 2.21. The van der Waals surface area contributed by atoms with E-state index in [9.17, 15) is 14.9 Å². The summed E-state index contributed by atoms with van der Waals surface area (Å²) in [6, 6.07) is 5.06. The Morgan fingerprint density at radius 2 is 2.14 bits per heavy atom. The molecule has 2 aromatic heterocycles. The van der Waals surface area contributed by atoms with Gasteiger partial charge in [0.1, 0.15) is 17.1 Å². The molecule has 0 saturated heterocycles. The van der Waals surface area contributed by atoms with Gasteiger partial charge in [-0.25, -0.2) is 4.98 Å². The molecule has 2 heterocycles. The van der Waals surface area contributed by atoms with Crippen molar-refractivity contribution in [2.75, 3.05) is 7.05 Å². The fraction of sp³-hybridized carbons (Fsp3) is 0.308. The van der Waals surface area contributed by atoms with Crippen LogP contribution in [0.5, 0.6) is 0 Å². The highest BCUT2D eigenvalue weighted by atomic mass is 16.6. The smallest absolute Gasteiger partial charge is 0.312 e. The number of nitrogens with zero attached hydrogens (tertiary/aromatic N) is 4. The van der Waals surface area contributed by atoms with Gasteiger partial charge in [-0.2, -0.15) is 5.10 Å². The van der Waals surface area contributed by atoms with Crippen molar-refractivity contribution in [2.24, 2.45) is 0 Å². The van der Waals surface area contributed by atoms with E-state index in [-0.39, 0.29) is 18.1 Å². The third-order valence-corrected chi connectivity index (χ3v) is 3.10. The largest absolute Gasteiger partial charge is 0.354 e. The second-order valence-corrected chi connectivity index (χ2v) is 4.53. The number of pyridine rings is 1. The lowest BCUT2D eigenvalue weighted by Crippen LogP contribution is -2.20. The number of hydrogen-bond donors (Lipinski definition) is 1. The number of nitrogens with one attached hydrogen (secondary N) is 1. The molecule has 110 valence electrons. The van der Waals surface area contributed by atoms with Gasteiger partial charge in [-0.1, -0.05) is 6.07 Å². The molecule has 0 aliphatic rings. The molecule has 0 atom stereocenters. The van der Waals surface area contributed by atoms with Gasteiger partial charge in [-0.3, -0.25) is 19.6 Å². The topological polar surface area (TPSA) is 103 Å². The molecule has 0 saturated carbocycles. The zero-order valence-electron chi connectivity index (χ0n) is 12.0. The third-order valence-electron chi connectivity index (χ3n) is 3.10. The summed E-state index contributed by atoms with van der Waals surface area (Å²) in [5, 5.41) is 17.6. The van der Waals surface area contributed by atoms with E-state index in [0.717, 1.165) is 0 Å². The van der Waals surface area contributed by atoms with E-state index >= 15 is 0 Å². The van der Waals surface area contributed by atoms with E-state index in [4.69, 9.17) is 0 Å². The Bertz CT molecular complexity index is 708. The van der Waals surface area contributed by atoms with Crippen LogP contribution in [0.15, 0.2) is 18.2 Å². The molecule has 0 aromatic carbocycles. The standard InChI is InChI=1S/C13H15N5O3/c1-8-12(18(20)21)9(2)17(16-8)7-10-5-4-6-11(15-10)13(19)14-3/h4-6H,7H2,1-3H3,(H,14,19). The Kier molecular flexibility index (Phi) is 3.97. The second-order valence-electron chi connectivity index (χ2n) is 4.53. The van der Waals surface area contributed by atoms with Crippen molar-refractivity contribution in [2.45, 2.75) is 20.4 Å². The van der Waals surface area contributed by atoms with Crippen LogP contribution < -0.4 is 5.32 Å². The van der Waals surface area contributed by atoms with Gasteiger partial charge in [0.05, 0.1) is 17.2 Å². The minimum atomic E-state index is -0.442. The quantitative estimate of drug-likeness (QED) is 0.673. The maximum atomic E-state index is 11.5. The third kappa shape index (κ3) is 2.88. The fourth-order valence-electron chi connectivity index (χ4n) is 2.08. The lowest BCUT2D eigenvalue weighted by Gasteiger charge is -2.05. The van der Waals surface area contributed by atoms with E-state index in [1.807, 2.05) is 0 Å². The first-order chi connectivity index (χ1) is 9.93. The summed E-state index contributed by atoms with van der Waals surface area (Å²) in [5.74, 6) is -0.281. The van der Waals surface area contributed by atoms with E-state index < -0.39 is 4.92 Å². The van der Waals surface area contributed by atoms with Crippen LogP contribution in [0.4, 0.5) is 5.69 Å². The number of aromatic nitrogens is 3. The predicted octanol–water partition coefficient (Wildman–Crippen LogP) is 1.21. The van der Waals surface area contributed by atoms with Crippen LogP contribution in [0.1, 0.15) is 27.6 Å². The summed E-state index contributed by atoms with van der Waals surface area (Å²) >= 11 is 0. The maximum absolute atomic E-state index is 11.5. The molecular weight excluding hydrogens is 274 g/mol. The van der Waals surface area contributed by atoms with Crippen molar-refractivity contribution in [1.29, 1.82) is 0 Å². The minimum absolute atomic E-state index is 0.0115. The number of aryl methyl sites for hydroxylation is 1. The van der Waals surface area contributed by atoms with Gasteiger partial charge in [-0.05, 0) is 26.0 Å². The molecule has 0 fully saturated rings. The Balaban J connectivity index is 2.33. The number of nitro groups is 1. The lowest BCUT2D eigenvalue weighted by molar-refractivity contribution is -0.386. The number of amides is 1. The van der Waals surface area contributed by atoms with Gasteiger partial charge in [0.25, 0.3) is 5.91 Å². The first kappa shape index (κ1) is 14.6. The van der Waals surface area contributed by atoms with E-state index in [2.05, 4.69) is 15.4 Å². The molecule has 8 heteroatoms. The first-order valence-corrected chi connectivity index (χ1v) is 6.30. The van der Waals surface area contributed by atoms with Gasteiger partial charge < -0.3 is 5.32 Å². The SMILES string of the molecule is CNC(=O)c1cccc(Cn2nc(C)c([N+](=O)[O-])c2C)n1. The van der Waals surface area contributed by atoms with Crippen molar-refractivity contribution in [3.63, 3.8) is 0 Å².